The molecule has 1 heterocycles. The minimum Gasteiger partial charge on any atom is -0.395 e. The van der Waals surface area contributed by atoms with Gasteiger partial charge in [-0.15, -0.1) is 0 Å². The van der Waals surface area contributed by atoms with Crippen LogP contribution in [0.4, 0.5) is 8.78 Å². The average Bonchev–Trinajstić information content (AvgIpc) is 2.69. The summed E-state index contributed by atoms with van der Waals surface area (Å²) in [7, 11) is 0. The lowest BCUT2D eigenvalue weighted by molar-refractivity contribution is 0.0686. The summed E-state index contributed by atoms with van der Waals surface area (Å²) in [4.78, 5) is 15.5. The zero-order valence-electron chi connectivity index (χ0n) is 8.70. The van der Waals surface area contributed by atoms with Crippen molar-refractivity contribution in [3.05, 3.63) is 24.0 Å². The van der Waals surface area contributed by atoms with Crippen molar-refractivity contribution in [3.63, 3.8) is 0 Å². The summed E-state index contributed by atoms with van der Waals surface area (Å²) in [6, 6.07) is 3.25. The topological polar surface area (TPSA) is 56.3 Å². The van der Waals surface area contributed by atoms with Gasteiger partial charge in [0, 0.05) is 12.7 Å². The number of aliphatic hydroxyl groups excluding tert-OH is 1. The van der Waals surface area contributed by atoms with Crippen molar-refractivity contribution >= 4 is 5.78 Å². The van der Waals surface area contributed by atoms with Crippen molar-refractivity contribution in [2.75, 3.05) is 26.2 Å². The molecule has 90 valence electrons. The number of H-pyrrole nitrogens is 1. The molecule has 0 spiro atoms. The summed E-state index contributed by atoms with van der Waals surface area (Å²) in [6.07, 6.45) is -0.917. The first-order valence-corrected chi connectivity index (χ1v) is 4.91. The van der Waals surface area contributed by atoms with Gasteiger partial charge in [0.1, 0.15) is 0 Å². The molecule has 0 atom stereocenters. The lowest BCUT2D eigenvalue weighted by atomic mass is 10.2. The Balaban J connectivity index is 2.51. The molecule has 1 rings (SSSR count). The molecule has 4 nitrogen and oxygen atoms in total. The van der Waals surface area contributed by atoms with Gasteiger partial charge in [-0.3, -0.25) is 9.69 Å². The van der Waals surface area contributed by atoms with E-state index in [9.17, 15) is 13.6 Å². The van der Waals surface area contributed by atoms with Gasteiger partial charge in [0.25, 0.3) is 6.43 Å². The molecule has 0 unspecified atom stereocenters. The highest BCUT2D eigenvalue weighted by Crippen LogP contribution is 2.02. The molecule has 0 saturated carbocycles. The van der Waals surface area contributed by atoms with E-state index in [1.807, 2.05) is 0 Å². The number of nitrogens with one attached hydrogen (secondary N) is 1. The molecule has 1 aromatic heterocycles. The average molecular weight is 232 g/mol. The van der Waals surface area contributed by atoms with Crippen LogP contribution in [0, 0.1) is 0 Å². The van der Waals surface area contributed by atoms with Crippen LogP contribution in [0.5, 0.6) is 0 Å². The number of aromatic nitrogens is 1. The molecule has 16 heavy (non-hydrogen) atoms. The fraction of sp³-hybridized carbons (Fsp3) is 0.500. The minimum atomic E-state index is -2.51. The van der Waals surface area contributed by atoms with Crippen molar-refractivity contribution in [1.82, 2.24) is 9.88 Å². The number of nitrogens with zero attached hydrogens (tertiary/aromatic N) is 1. The first-order chi connectivity index (χ1) is 7.63. The Kier molecular flexibility index (Phi) is 5.07. The minimum absolute atomic E-state index is 0.0663. The molecule has 0 saturated heterocycles. The van der Waals surface area contributed by atoms with E-state index < -0.39 is 13.0 Å². The summed E-state index contributed by atoms with van der Waals surface area (Å²) in [6.45, 7) is -0.806. The van der Waals surface area contributed by atoms with Crippen LogP contribution < -0.4 is 0 Å². The second kappa shape index (κ2) is 6.34. The summed E-state index contributed by atoms with van der Waals surface area (Å²) in [5.74, 6) is -0.265. The number of carbonyl (C=O) groups excluding carboxylic acids is 1. The maximum absolute atomic E-state index is 12.2. The number of Topliss-reactive ketones (excluding diaryl/α,β-unsaturated/α-hetero) is 1. The van der Waals surface area contributed by atoms with Gasteiger partial charge in [-0.05, 0) is 12.1 Å². The number of hydrogen-bond acceptors (Lipinski definition) is 3. The highest BCUT2D eigenvalue weighted by atomic mass is 19.3. The third-order valence-corrected chi connectivity index (χ3v) is 2.08. The standard InChI is InChI=1S/C10H14F2N2O2/c11-10(12)7-14(4-5-15)6-9(16)8-2-1-3-13-8/h1-3,10,13,15H,4-7H2. The third kappa shape index (κ3) is 4.08. The smallest absolute Gasteiger partial charge is 0.251 e. The quantitative estimate of drug-likeness (QED) is 0.682. The van der Waals surface area contributed by atoms with E-state index in [-0.39, 0.29) is 25.5 Å². The van der Waals surface area contributed by atoms with E-state index in [0.717, 1.165) is 0 Å². The largest absolute Gasteiger partial charge is 0.395 e. The second-order valence-electron chi connectivity index (χ2n) is 3.36. The lowest BCUT2D eigenvalue weighted by Crippen LogP contribution is -2.36. The van der Waals surface area contributed by atoms with Gasteiger partial charge in [-0.2, -0.15) is 0 Å². The molecular weight excluding hydrogens is 218 g/mol. The Bertz CT molecular complexity index is 315. The Labute approximate surface area is 91.9 Å². The number of halogens is 2. The van der Waals surface area contributed by atoms with E-state index in [1.165, 1.54) is 4.90 Å². The zero-order chi connectivity index (χ0) is 12.0. The summed E-state index contributed by atoms with van der Waals surface area (Å²) < 4.78 is 24.3. The van der Waals surface area contributed by atoms with Crippen LogP contribution >= 0.6 is 0 Å². The molecule has 1 aromatic rings. The van der Waals surface area contributed by atoms with Crippen molar-refractivity contribution in [2.24, 2.45) is 0 Å². The highest BCUT2D eigenvalue weighted by molar-refractivity contribution is 5.95. The summed E-state index contributed by atoms with van der Waals surface area (Å²) >= 11 is 0. The van der Waals surface area contributed by atoms with Gasteiger partial charge >= 0.3 is 0 Å². The van der Waals surface area contributed by atoms with Crippen molar-refractivity contribution in [1.29, 1.82) is 0 Å². The SMILES string of the molecule is O=C(CN(CCO)CC(F)F)c1ccc[nH]1. The molecule has 0 aliphatic heterocycles. The predicted octanol–water partition coefficient (Wildman–Crippen LogP) is 0.757. The molecule has 0 fully saturated rings. The van der Waals surface area contributed by atoms with Crippen LogP contribution in [0.2, 0.25) is 0 Å². The lowest BCUT2D eigenvalue weighted by Gasteiger charge is -2.19. The highest BCUT2D eigenvalue weighted by Gasteiger charge is 2.16. The zero-order valence-corrected chi connectivity index (χ0v) is 8.70. The molecule has 2 N–H and O–H groups in total. The number of carbonyl (C=O) groups is 1. The van der Waals surface area contributed by atoms with Crippen LogP contribution in [0.25, 0.3) is 0 Å². The van der Waals surface area contributed by atoms with Gasteiger partial charge in [0.2, 0.25) is 0 Å². The maximum atomic E-state index is 12.2. The van der Waals surface area contributed by atoms with Crippen LogP contribution in [0.1, 0.15) is 10.5 Å². The van der Waals surface area contributed by atoms with Crippen molar-refractivity contribution in [3.8, 4) is 0 Å². The van der Waals surface area contributed by atoms with Gasteiger partial charge in [0.05, 0.1) is 25.4 Å². The number of aliphatic hydroxyl groups is 1. The van der Waals surface area contributed by atoms with E-state index in [1.54, 1.807) is 18.3 Å². The number of rotatable bonds is 7. The maximum Gasteiger partial charge on any atom is 0.251 e. The van der Waals surface area contributed by atoms with Gasteiger partial charge in [-0.1, -0.05) is 0 Å². The van der Waals surface area contributed by atoms with Crippen LogP contribution in [-0.4, -0.2) is 53.4 Å². The van der Waals surface area contributed by atoms with E-state index >= 15 is 0 Å². The van der Waals surface area contributed by atoms with Gasteiger partial charge in [0.15, 0.2) is 5.78 Å². The number of ketones is 1. The van der Waals surface area contributed by atoms with Gasteiger partial charge in [-0.25, -0.2) is 8.78 Å². The molecular formula is C10H14F2N2O2. The first-order valence-electron chi connectivity index (χ1n) is 4.91. The molecule has 0 aromatic carbocycles. The van der Waals surface area contributed by atoms with Gasteiger partial charge < -0.3 is 10.1 Å². The van der Waals surface area contributed by atoms with Crippen LogP contribution in [0.15, 0.2) is 18.3 Å². The third-order valence-electron chi connectivity index (χ3n) is 2.08. The number of hydrogen-bond donors (Lipinski definition) is 2. The fourth-order valence-electron chi connectivity index (χ4n) is 1.36. The monoisotopic (exact) mass is 232 g/mol. The Morgan fingerprint density at radius 1 is 1.56 bits per heavy atom. The fourth-order valence-corrected chi connectivity index (χ4v) is 1.36. The first kappa shape index (κ1) is 12.8. The molecule has 0 aliphatic carbocycles. The van der Waals surface area contributed by atoms with Crippen LogP contribution in [0.3, 0.4) is 0 Å². The van der Waals surface area contributed by atoms with Crippen LogP contribution in [-0.2, 0) is 0 Å². The Hall–Kier alpha value is -1.27. The number of alkyl halides is 2. The van der Waals surface area contributed by atoms with E-state index in [0.29, 0.717) is 5.69 Å². The second-order valence-corrected chi connectivity index (χ2v) is 3.36. The van der Waals surface area contributed by atoms with Crippen molar-refractivity contribution < 1.29 is 18.7 Å². The molecule has 0 aliphatic rings. The molecule has 6 heteroatoms. The Morgan fingerprint density at radius 2 is 2.31 bits per heavy atom. The number of aromatic amines is 1. The normalized spacial score (nSPS) is 11.3. The predicted molar refractivity (Wildman–Crippen MR) is 54.7 cm³/mol. The summed E-state index contributed by atoms with van der Waals surface area (Å²) in [5.41, 5.74) is 0.386. The Morgan fingerprint density at radius 3 is 2.81 bits per heavy atom. The molecule has 0 radical (unpaired) electrons. The summed E-state index contributed by atoms with van der Waals surface area (Å²) in [5, 5.41) is 8.69. The molecule has 0 bridgehead atoms. The molecule has 0 amide bonds. The van der Waals surface area contributed by atoms with E-state index in [2.05, 4.69) is 4.98 Å². The van der Waals surface area contributed by atoms with E-state index in [4.69, 9.17) is 5.11 Å². The van der Waals surface area contributed by atoms with Crippen molar-refractivity contribution in [2.45, 2.75) is 6.43 Å².